The van der Waals surface area contributed by atoms with E-state index in [4.69, 9.17) is 0 Å². The lowest BCUT2D eigenvalue weighted by Gasteiger charge is -2.28. The van der Waals surface area contributed by atoms with Crippen LogP contribution in [0.4, 0.5) is 27.6 Å². The van der Waals surface area contributed by atoms with Gasteiger partial charge in [-0.3, -0.25) is 14.4 Å². The molecule has 0 aromatic heterocycles. The number of para-hydroxylation sites is 1. The number of halogens is 5. The van der Waals surface area contributed by atoms with Crippen LogP contribution in [0, 0.1) is 5.41 Å². The molecule has 1 aliphatic rings. The van der Waals surface area contributed by atoms with Crippen molar-refractivity contribution in [3.63, 3.8) is 0 Å². The normalized spacial score (nSPS) is 16.3. The fourth-order valence-electron chi connectivity index (χ4n) is 3.50. The summed E-state index contributed by atoms with van der Waals surface area (Å²) in [5, 5.41) is 3.97. The highest BCUT2D eigenvalue weighted by Gasteiger charge is 2.57. The molecule has 0 spiro atoms. The van der Waals surface area contributed by atoms with Gasteiger partial charge in [-0.2, -0.15) is 22.0 Å². The van der Waals surface area contributed by atoms with Crippen LogP contribution in [0.3, 0.4) is 0 Å². The van der Waals surface area contributed by atoms with Crippen molar-refractivity contribution >= 4 is 23.4 Å². The summed E-state index contributed by atoms with van der Waals surface area (Å²) >= 11 is 0. The van der Waals surface area contributed by atoms with Crippen molar-refractivity contribution < 1.29 is 36.3 Å². The van der Waals surface area contributed by atoms with E-state index in [1.807, 2.05) is 0 Å². The van der Waals surface area contributed by atoms with Crippen LogP contribution >= 0.6 is 0 Å². The third kappa shape index (κ3) is 4.46. The predicted molar refractivity (Wildman–Crippen MR) is 114 cm³/mol. The Bertz CT molecular complexity index is 1130. The number of likely N-dealkylation sites (N-methyl/N-ethyl adjacent to an activating group) is 1. The van der Waals surface area contributed by atoms with Gasteiger partial charge in [-0.25, -0.2) is 0 Å². The van der Waals surface area contributed by atoms with Crippen LogP contribution in [0.1, 0.15) is 25.5 Å². The van der Waals surface area contributed by atoms with Gasteiger partial charge in [0, 0.05) is 12.6 Å². The molecular formula is C23H22F5N3O3. The van der Waals surface area contributed by atoms with E-state index in [1.165, 1.54) is 17.3 Å². The zero-order valence-corrected chi connectivity index (χ0v) is 18.5. The van der Waals surface area contributed by atoms with Gasteiger partial charge < -0.3 is 15.5 Å². The molecule has 0 fully saturated rings. The summed E-state index contributed by atoms with van der Waals surface area (Å²) in [5.74, 6) is -8.06. The van der Waals surface area contributed by atoms with Gasteiger partial charge in [0.1, 0.15) is 11.5 Å². The fourth-order valence-corrected chi connectivity index (χ4v) is 3.50. The minimum absolute atomic E-state index is 0.442. The van der Waals surface area contributed by atoms with Gasteiger partial charge in [0.25, 0.3) is 5.91 Å². The summed E-state index contributed by atoms with van der Waals surface area (Å²) in [5.41, 5.74) is 0.361. The van der Waals surface area contributed by atoms with E-state index >= 15 is 0 Å². The quantitative estimate of drug-likeness (QED) is 0.501. The van der Waals surface area contributed by atoms with Gasteiger partial charge in [-0.05, 0) is 31.0 Å². The number of hydrogen-bond donors (Lipinski definition) is 2. The second-order valence-corrected chi connectivity index (χ2v) is 8.42. The number of amides is 3. The highest BCUT2D eigenvalue weighted by atomic mass is 19.4. The third-order valence-electron chi connectivity index (χ3n) is 5.70. The first-order valence-electron chi connectivity index (χ1n) is 10.2. The molecule has 2 aromatic carbocycles. The Morgan fingerprint density at radius 2 is 1.47 bits per heavy atom. The molecule has 3 amide bonds. The number of benzene rings is 2. The fraction of sp³-hybridized carbons (Fsp3) is 0.348. The van der Waals surface area contributed by atoms with E-state index in [2.05, 4.69) is 5.32 Å². The number of nitrogens with zero attached hydrogens (tertiary/aromatic N) is 1. The maximum absolute atomic E-state index is 13.3. The van der Waals surface area contributed by atoms with Crippen molar-refractivity contribution in [3.05, 3.63) is 54.1 Å². The molecule has 1 heterocycles. The van der Waals surface area contributed by atoms with Crippen LogP contribution in [-0.4, -0.2) is 43.4 Å². The largest absolute Gasteiger partial charge is 0.455 e. The molecule has 6 nitrogen and oxygen atoms in total. The SMILES string of the molecule is CN1C(=O)[C@@H](NC(=O)C(C)(C)C(=O)NCC(F)(F)C(F)(F)F)c2ccccc2-c2ccccc21. The van der Waals surface area contributed by atoms with Crippen LogP contribution in [0.5, 0.6) is 0 Å². The second kappa shape index (κ2) is 8.69. The van der Waals surface area contributed by atoms with E-state index in [0.29, 0.717) is 16.8 Å². The van der Waals surface area contributed by atoms with E-state index in [9.17, 15) is 36.3 Å². The summed E-state index contributed by atoms with van der Waals surface area (Å²) in [7, 11) is 1.52. The molecule has 0 aliphatic carbocycles. The van der Waals surface area contributed by atoms with Gasteiger partial charge in [-0.15, -0.1) is 0 Å². The first kappa shape index (κ1) is 25.1. The summed E-state index contributed by atoms with van der Waals surface area (Å²) in [4.78, 5) is 40.0. The number of nitrogens with one attached hydrogen (secondary N) is 2. The van der Waals surface area contributed by atoms with Crippen LogP contribution < -0.4 is 15.5 Å². The molecule has 1 aliphatic heterocycles. The van der Waals surface area contributed by atoms with E-state index in [0.717, 1.165) is 19.4 Å². The minimum atomic E-state index is -5.86. The summed E-state index contributed by atoms with van der Waals surface area (Å²) in [6.45, 7) is 0.110. The number of anilines is 1. The lowest BCUT2D eigenvalue weighted by molar-refractivity contribution is -0.278. The number of hydrogen-bond acceptors (Lipinski definition) is 3. The topological polar surface area (TPSA) is 78.5 Å². The Balaban J connectivity index is 1.87. The highest BCUT2D eigenvalue weighted by Crippen LogP contribution is 2.40. The lowest BCUT2D eigenvalue weighted by Crippen LogP contribution is -2.54. The molecule has 0 saturated heterocycles. The second-order valence-electron chi connectivity index (χ2n) is 8.42. The number of carbonyl (C=O) groups is 3. The lowest BCUT2D eigenvalue weighted by atomic mass is 9.89. The van der Waals surface area contributed by atoms with Crippen molar-refractivity contribution in [2.75, 3.05) is 18.5 Å². The number of rotatable bonds is 5. The molecule has 0 saturated carbocycles. The zero-order chi connectivity index (χ0) is 25.5. The molecule has 2 N–H and O–H groups in total. The molecule has 0 unspecified atom stereocenters. The highest BCUT2D eigenvalue weighted by molar-refractivity contribution is 6.09. The van der Waals surface area contributed by atoms with Gasteiger partial charge in [-0.1, -0.05) is 42.5 Å². The molecule has 0 bridgehead atoms. The molecular weight excluding hydrogens is 461 g/mol. The van der Waals surface area contributed by atoms with E-state index in [-0.39, 0.29) is 0 Å². The van der Waals surface area contributed by atoms with E-state index < -0.39 is 47.8 Å². The molecule has 0 radical (unpaired) electrons. The first-order chi connectivity index (χ1) is 15.7. The average Bonchev–Trinajstić information content (AvgIpc) is 2.86. The monoisotopic (exact) mass is 483 g/mol. The van der Waals surface area contributed by atoms with Crippen molar-refractivity contribution in [1.29, 1.82) is 0 Å². The van der Waals surface area contributed by atoms with Crippen molar-refractivity contribution in [2.24, 2.45) is 5.41 Å². The molecule has 182 valence electrons. The summed E-state index contributed by atoms with van der Waals surface area (Å²) < 4.78 is 63.6. The summed E-state index contributed by atoms with van der Waals surface area (Å²) in [6.07, 6.45) is -5.86. The Morgan fingerprint density at radius 3 is 2.09 bits per heavy atom. The minimum Gasteiger partial charge on any atom is -0.349 e. The number of fused-ring (bicyclic) bond motifs is 3. The van der Waals surface area contributed by atoms with Gasteiger partial charge in [0.05, 0.1) is 12.2 Å². The Morgan fingerprint density at radius 1 is 0.912 bits per heavy atom. The Hall–Kier alpha value is -3.50. The standard InChI is InChI=1S/C23H22F5N3O3/c1-21(2,19(33)29-12-22(24,25)23(26,27)28)20(34)30-17-15-10-5-4-8-13(15)14-9-6-7-11-16(14)31(3)18(17)32/h4-11,17H,12H2,1-3H3,(H,29,33)(H,30,34)/t17-/m0/s1. The number of alkyl halides is 5. The van der Waals surface area contributed by atoms with Crippen molar-refractivity contribution in [1.82, 2.24) is 10.6 Å². The van der Waals surface area contributed by atoms with Crippen LogP contribution in [0.2, 0.25) is 0 Å². The van der Waals surface area contributed by atoms with E-state index in [1.54, 1.807) is 48.5 Å². The van der Waals surface area contributed by atoms with Crippen LogP contribution in [0.15, 0.2) is 48.5 Å². The van der Waals surface area contributed by atoms with Crippen molar-refractivity contribution in [3.8, 4) is 11.1 Å². The first-order valence-corrected chi connectivity index (χ1v) is 10.2. The Kier molecular flexibility index (Phi) is 6.43. The maximum Gasteiger partial charge on any atom is 0.455 e. The molecule has 3 rings (SSSR count). The molecule has 1 atom stereocenters. The average molecular weight is 483 g/mol. The molecule has 11 heteroatoms. The predicted octanol–water partition coefficient (Wildman–Crippen LogP) is 3.83. The van der Waals surface area contributed by atoms with Crippen LogP contribution in [-0.2, 0) is 14.4 Å². The van der Waals surface area contributed by atoms with Gasteiger partial charge >= 0.3 is 12.1 Å². The molecule has 34 heavy (non-hydrogen) atoms. The summed E-state index contributed by atoms with van der Waals surface area (Å²) in [6, 6.07) is 12.6. The maximum atomic E-state index is 13.3. The molecule has 2 aromatic rings. The zero-order valence-electron chi connectivity index (χ0n) is 18.5. The third-order valence-corrected chi connectivity index (χ3v) is 5.70. The Labute approximate surface area is 192 Å². The van der Waals surface area contributed by atoms with Crippen molar-refractivity contribution in [2.45, 2.75) is 32.0 Å². The van der Waals surface area contributed by atoms with Gasteiger partial charge in [0.2, 0.25) is 11.8 Å². The number of carbonyl (C=O) groups excluding carboxylic acids is 3. The van der Waals surface area contributed by atoms with Crippen LogP contribution in [0.25, 0.3) is 11.1 Å². The smallest absolute Gasteiger partial charge is 0.349 e. The van der Waals surface area contributed by atoms with Gasteiger partial charge in [0.15, 0.2) is 0 Å².